The third kappa shape index (κ3) is 7.65. The molecule has 0 aliphatic heterocycles. The van der Waals surface area contributed by atoms with Crippen molar-refractivity contribution in [2.24, 2.45) is 0 Å². The molecule has 11 rings (SSSR count). The van der Waals surface area contributed by atoms with Gasteiger partial charge in [-0.3, -0.25) is 0 Å². The molecule has 0 bridgehead atoms. The Labute approximate surface area is 370 Å². The Hall–Kier alpha value is -8.06. The van der Waals surface area contributed by atoms with Crippen LogP contribution in [-0.2, 0) is 0 Å². The van der Waals surface area contributed by atoms with E-state index in [1.165, 1.54) is 110 Å². The maximum atomic E-state index is 3.36. The highest BCUT2D eigenvalue weighted by molar-refractivity contribution is 6.22. The molecule has 0 saturated heterocycles. The Morgan fingerprint density at radius 3 is 1.10 bits per heavy atom. The van der Waals surface area contributed by atoms with Gasteiger partial charge in [-0.15, -0.1) is 6.58 Å². The number of fused-ring (bicyclic) bond motifs is 3. The van der Waals surface area contributed by atoms with E-state index in [1.807, 2.05) is 6.92 Å². The van der Waals surface area contributed by atoms with Gasteiger partial charge in [0.05, 0.1) is 0 Å². The van der Waals surface area contributed by atoms with E-state index in [9.17, 15) is 0 Å². The normalized spacial score (nSPS) is 11.0. The van der Waals surface area contributed by atoms with E-state index in [1.54, 1.807) is 6.08 Å². The highest BCUT2D eigenvalue weighted by atomic mass is 14.2. The van der Waals surface area contributed by atoms with Gasteiger partial charge in [0.15, 0.2) is 0 Å². The number of benzene rings is 11. The molecule has 0 saturated carbocycles. The summed E-state index contributed by atoms with van der Waals surface area (Å²) in [6.45, 7) is 5.25. The summed E-state index contributed by atoms with van der Waals surface area (Å²) < 4.78 is 0. The quantitative estimate of drug-likeness (QED) is 0.111. The number of rotatable bonds is 7. The van der Waals surface area contributed by atoms with Crippen molar-refractivity contribution < 1.29 is 0 Å². The second-order valence-electron chi connectivity index (χ2n) is 16.0. The van der Waals surface area contributed by atoms with Gasteiger partial charge in [-0.05, 0) is 129 Å². The molecule has 11 aromatic rings. The minimum absolute atomic E-state index is 1.19. The van der Waals surface area contributed by atoms with E-state index in [4.69, 9.17) is 0 Å². The van der Waals surface area contributed by atoms with Crippen LogP contribution >= 0.6 is 0 Å². The lowest BCUT2D eigenvalue weighted by Crippen LogP contribution is -1.92. The molecule has 63 heavy (non-hydrogen) atoms. The predicted octanol–water partition coefficient (Wildman–Crippen LogP) is 18.0. The number of hydrogen-bond acceptors (Lipinski definition) is 0. The van der Waals surface area contributed by atoms with Gasteiger partial charge in [-0.1, -0.05) is 237 Å². The third-order valence-corrected chi connectivity index (χ3v) is 12.1. The first-order valence-electron chi connectivity index (χ1n) is 21.7. The van der Waals surface area contributed by atoms with E-state index in [0.29, 0.717) is 0 Å². The highest BCUT2D eigenvalue weighted by Gasteiger charge is 2.19. The Bertz CT molecular complexity index is 3300. The molecule has 11 aromatic carbocycles. The SMILES string of the molecule is C=CC.c1ccc(-c2ccc(-c3cccc(-c4c(-c5ccc(-c6ccccc6)cc5)ccc5ccc(-c6c7ccccc7c(-c7ccccc7)c7ccccc67)cc45)c3)cc2)cc1. The van der Waals surface area contributed by atoms with Crippen molar-refractivity contribution >= 4 is 32.3 Å². The summed E-state index contributed by atoms with van der Waals surface area (Å²) in [7, 11) is 0. The van der Waals surface area contributed by atoms with Crippen molar-refractivity contribution in [3.05, 3.63) is 255 Å². The van der Waals surface area contributed by atoms with E-state index < -0.39 is 0 Å². The summed E-state index contributed by atoms with van der Waals surface area (Å²) in [6, 6.07) is 88.8. The molecular weight excluding hydrogens is 757 g/mol. The van der Waals surface area contributed by atoms with Crippen molar-refractivity contribution in [3.63, 3.8) is 0 Å². The van der Waals surface area contributed by atoms with E-state index >= 15 is 0 Å². The highest BCUT2D eigenvalue weighted by Crippen LogP contribution is 2.46. The fourth-order valence-corrected chi connectivity index (χ4v) is 9.19. The smallest absolute Gasteiger partial charge is 0.00261 e. The van der Waals surface area contributed by atoms with Gasteiger partial charge in [-0.25, -0.2) is 0 Å². The van der Waals surface area contributed by atoms with Gasteiger partial charge >= 0.3 is 0 Å². The molecular formula is C63H46. The van der Waals surface area contributed by atoms with Crippen LogP contribution in [0, 0.1) is 0 Å². The zero-order valence-corrected chi connectivity index (χ0v) is 35.4. The number of hydrogen-bond donors (Lipinski definition) is 0. The van der Waals surface area contributed by atoms with E-state index in [-0.39, 0.29) is 0 Å². The zero-order chi connectivity index (χ0) is 42.5. The van der Waals surface area contributed by atoms with Crippen molar-refractivity contribution in [2.45, 2.75) is 6.92 Å². The van der Waals surface area contributed by atoms with Crippen molar-refractivity contribution in [1.29, 1.82) is 0 Å². The average Bonchev–Trinajstić information content (AvgIpc) is 3.36. The summed E-state index contributed by atoms with van der Waals surface area (Å²) >= 11 is 0. The topological polar surface area (TPSA) is 0 Å². The Morgan fingerprint density at radius 2 is 0.587 bits per heavy atom. The molecule has 0 aliphatic rings. The van der Waals surface area contributed by atoms with Crippen LogP contribution < -0.4 is 0 Å². The molecule has 0 unspecified atom stereocenters. The van der Waals surface area contributed by atoms with Crippen LogP contribution in [0.15, 0.2) is 255 Å². The van der Waals surface area contributed by atoms with Gasteiger partial charge < -0.3 is 0 Å². The Balaban J connectivity index is 0.00000153. The fraction of sp³-hybridized carbons (Fsp3) is 0.0159. The van der Waals surface area contributed by atoms with Crippen LogP contribution in [0.3, 0.4) is 0 Å². The minimum Gasteiger partial charge on any atom is -0.103 e. The molecule has 0 aliphatic carbocycles. The van der Waals surface area contributed by atoms with Gasteiger partial charge in [0.25, 0.3) is 0 Å². The molecule has 0 heteroatoms. The molecule has 0 nitrogen and oxygen atoms in total. The molecule has 0 fully saturated rings. The second kappa shape index (κ2) is 17.5. The third-order valence-electron chi connectivity index (χ3n) is 12.1. The average molecular weight is 803 g/mol. The fourth-order valence-electron chi connectivity index (χ4n) is 9.19. The largest absolute Gasteiger partial charge is 0.103 e. The lowest BCUT2D eigenvalue weighted by Gasteiger charge is -2.19. The molecule has 0 amide bonds. The van der Waals surface area contributed by atoms with Crippen LogP contribution in [0.5, 0.6) is 0 Å². The molecule has 0 heterocycles. The van der Waals surface area contributed by atoms with Crippen molar-refractivity contribution in [3.8, 4) is 77.9 Å². The standard InChI is InChI=1S/C60H40.C3H6/c1-4-15-41(16-5-1)43-27-29-45(30-28-43)49-21-14-22-50(39-49)59-52(46-33-31-44(32-34-46)42-17-6-2-7-18-42)38-37-47-35-36-51(40-57(47)59)60-55-25-12-10-23-53(55)58(48-19-8-3-9-20-48)54-24-11-13-26-56(54)60;1-3-2/h1-40H;3H,1H2,2H3. The predicted molar refractivity (Wildman–Crippen MR) is 273 cm³/mol. The van der Waals surface area contributed by atoms with E-state index in [0.717, 1.165) is 0 Å². The zero-order valence-electron chi connectivity index (χ0n) is 35.4. The first-order chi connectivity index (χ1) is 31.2. The van der Waals surface area contributed by atoms with Crippen molar-refractivity contribution in [2.75, 3.05) is 0 Å². The number of allylic oxidation sites excluding steroid dienone is 1. The molecule has 298 valence electrons. The Morgan fingerprint density at radius 1 is 0.254 bits per heavy atom. The van der Waals surface area contributed by atoms with Gasteiger partial charge in [0, 0.05) is 0 Å². The van der Waals surface area contributed by atoms with Crippen LogP contribution in [0.4, 0.5) is 0 Å². The van der Waals surface area contributed by atoms with Crippen LogP contribution in [0.25, 0.3) is 110 Å². The molecule has 0 N–H and O–H groups in total. The summed E-state index contributed by atoms with van der Waals surface area (Å²) in [5.74, 6) is 0. The summed E-state index contributed by atoms with van der Waals surface area (Å²) in [4.78, 5) is 0. The lowest BCUT2D eigenvalue weighted by molar-refractivity contribution is 1.57. The maximum Gasteiger partial charge on any atom is -0.00261 e. The Kier molecular flexibility index (Phi) is 10.9. The first kappa shape index (κ1) is 39.1. The summed E-state index contributed by atoms with van der Waals surface area (Å²) in [6.07, 6.45) is 1.75. The van der Waals surface area contributed by atoms with E-state index in [2.05, 4.69) is 249 Å². The second-order valence-corrected chi connectivity index (χ2v) is 16.0. The molecule has 0 radical (unpaired) electrons. The minimum atomic E-state index is 1.19. The van der Waals surface area contributed by atoms with Crippen molar-refractivity contribution in [1.82, 2.24) is 0 Å². The van der Waals surface area contributed by atoms with Crippen LogP contribution in [-0.4, -0.2) is 0 Å². The first-order valence-corrected chi connectivity index (χ1v) is 21.7. The van der Waals surface area contributed by atoms with Gasteiger partial charge in [0.2, 0.25) is 0 Å². The van der Waals surface area contributed by atoms with Crippen LogP contribution in [0.2, 0.25) is 0 Å². The molecule has 0 spiro atoms. The lowest BCUT2D eigenvalue weighted by atomic mass is 9.84. The maximum absolute atomic E-state index is 3.36. The summed E-state index contributed by atoms with van der Waals surface area (Å²) in [5.41, 5.74) is 17.1. The summed E-state index contributed by atoms with van der Waals surface area (Å²) in [5, 5.41) is 7.47. The molecule has 0 aromatic heterocycles. The monoisotopic (exact) mass is 802 g/mol. The van der Waals surface area contributed by atoms with Gasteiger partial charge in [-0.2, -0.15) is 0 Å². The van der Waals surface area contributed by atoms with Gasteiger partial charge in [0.1, 0.15) is 0 Å². The van der Waals surface area contributed by atoms with Crippen LogP contribution in [0.1, 0.15) is 6.92 Å². The molecule has 0 atom stereocenters.